The maximum absolute atomic E-state index is 12.9. The quantitative estimate of drug-likeness (QED) is 0.612. The molecule has 1 saturated heterocycles. The fourth-order valence-electron chi connectivity index (χ4n) is 3.61. The van der Waals surface area contributed by atoms with Crippen LogP contribution in [-0.4, -0.2) is 61.4 Å². The van der Waals surface area contributed by atoms with E-state index in [2.05, 4.69) is 24.2 Å². The number of rotatable bonds is 9. The Morgan fingerprint density at radius 3 is 2.52 bits per heavy atom. The van der Waals surface area contributed by atoms with E-state index in [4.69, 9.17) is 4.74 Å². The van der Waals surface area contributed by atoms with Crippen LogP contribution in [0.5, 0.6) is 5.75 Å². The summed E-state index contributed by atoms with van der Waals surface area (Å²) in [5, 5.41) is 2.92. The number of unbranched alkanes of at least 4 members (excludes halogenated alkanes) is 3. The van der Waals surface area contributed by atoms with Crippen LogP contribution in [0.25, 0.3) is 0 Å². The van der Waals surface area contributed by atoms with Crippen molar-refractivity contribution in [1.82, 2.24) is 9.80 Å². The number of hydrogen-bond donors (Lipinski definition) is 1. The predicted molar refractivity (Wildman–Crippen MR) is 124 cm³/mol. The second kappa shape index (κ2) is 11.5. The number of nitrogens with zero attached hydrogens (tertiary/aromatic N) is 2. The molecule has 0 unspecified atom stereocenters. The highest BCUT2D eigenvalue weighted by Crippen LogP contribution is 2.21. The van der Waals surface area contributed by atoms with E-state index < -0.39 is 0 Å². The largest absolute Gasteiger partial charge is 0.493 e. The van der Waals surface area contributed by atoms with Gasteiger partial charge in [0.15, 0.2) is 0 Å². The third kappa shape index (κ3) is 6.56. The van der Waals surface area contributed by atoms with Gasteiger partial charge in [-0.3, -0.25) is 9.59 Å². The Morgan fingerprint density at radius 2 is 1.74 bits per heavy atom. The lowest BCUT2D eigenvalue weighted by molar-refractivity contribution is 0.0664. The minimum Gasteiger partial charge on any atom is -0.493 e. The highest BCUT2D eigenvalue weighted by molar-refractivity contribution is 6.06. The van der Waals surface area contributed by atoms with E-state index in [0.29, 0.717) is 29.2 Å². The Kier molecular flexibility index (Phi) is 8.47. The molecule has 0 atom stereocenters. The zero-order valence-corrected chi connectivity index (χ0v) is 18.6. The summed E-state index contributed by atoms with van der Waals surface area (Å²) in [4.78, 5) is 29.8. The van der Waals surface area contributed by atoms with Crippen LogP contribution in [0, 0.1) is 0 Å². The minimum atomic E-state index is -0.242. The Morgan fingerprint density at radius 1 is 0.968 bits per heavy atom. The standard InChI is InChI=1S/C25H33N3O3/c1-3-4-5-8-18-31-23-13-7-6-12-22(23)24(29)26-21-11-9-10-20(19-21)25(30)28-16-14-27(2)15-17-28/h6-7,9-13,19H,3-5,8,14-18H2,1-2H3,(H,26,29). The van der Waals surface area contributed by atoms with Crippen molar-refractivity contribution in [2.24, 2.45) is 0 Å². The van der Waals surface area contributed by atoms with Crippen molar-refractivity contribution in [2.45, 2.75) is 32.6 Å². The van der Waals surface area contributed by atoms with Crippen molar-refractivity contribution < 1.29 is 14.3 Å². The molecule has 0 aliphatic carbocycles. The first-order chi connectivity index (χ1) is 15.1. The number of hydrogen-bond acceptors (Lipinski definition) is 4. The first-order valence-electron chi connectivity index (χ1n) is 11.2. The molecule has 0 radical (unpaired) electrons. The summed E-state index contributed by atoms with van der Waals surface area (Å²) in [6.07, 6.45) is 4.46. The molecule has 3 rings (SSSR count). The zero-order valence-electron chi connectivity index (χ0n) is 18.6. The first kappa shape index (κ1) is 22.8. The van der Waals surface area contributed by atoms with Crippen LogP contribution in [0.4, 0.5) is 5.69 Å². The lowest BCUT2D eigenvalue weighted by atomic mass is 10.1. The van der Waals surface area contributed by atoms with Crippen molar-refractivity contribution in [3.63, 3.8) is 0 Å². The van der Waals surface area contributed by atoms with Crippen LogP contribution in [-0.2, 0) is 0 Å². The average Bonchev–Trinajstić information content (AvgIpc) is 2.79. The van der Waals surface area contributed by atoms with Crippen molar-refractivity contribution >= 4 is 17.5 Å². The Labute approximate surface area is 185 Å². The Balaban J connectivity index is 1.63. The van der Waals surface area contributed by atoms with Gasteiger partial charge in [0.05, 0.1) is 12.2 Å². The normalized spacial score (nSPS) is 14.3. The molecule has 1 aliphatic rings. The molecule has 166 valence electrons. The van der Waals surface area contributed by atoms with Gasteiger partial charge in [-0.1, -0.05) is 44.4 Å². The van der Waals surface area contributed by atoms with Gasteiger partial charge in [-0.2, -0.15) is 0 Å². The van der Waals surface area contributed by atoms with E-state index in [1.807, 2.05) is 23.1 Å². The lowest BCUT2D eigenvalue weighted by Crippen LogP contribution is -2.47. The molecule has 6 heteroatoms. The molecule has 6 nitrogen and oxygen atoms in total. The van der Waals surface area contributed by atoms with Gasteiger partial charge in [0.2, 0.25) is 0 Å². The number of carbonyl (C=O) groups excluding carboxylic acids is 2. The summed E-state index contributed by atoms with van der Waals surface area (Å²) in [6.45, 7) is 5.95. The molecule has 1 fully saturated rings. The van der Waals surface area contributed by atoms with E-state index in [-0.39, 0.29) is 11.8 Å². The van der Waals surface area contributed by atoms with E-state index in [1.165, 1.54) is 12.8 Å². The Hall–Kier alpha value is -2.86. The molecular weight excluding hydrogens is 390 g/mol. The summed E-state index contributed by atoms with van der Waals surface area (Å²) < 4.78 is 5.87. The molecule has 2 amide bonds. The molecule has 0 aromatic heterocycles. The molecule has 0 bridgehead atoms. The summed E-state index contributed by atoms with van der Waals surface area (Å²) >= 11 is 0. The van der Waals surface area contributed by atoms with Gasteiger partial charge >= 0.3 is 0 Å². The van der Waals surface area contributed by atoms with E-state index in [9.17, 15) is 9.59 Å². The minimum absolute atomic E-state index is 0.0000108. The third-order valence-electron chi connectivity index (χ3n) is 5.55. The average molecular weight is 424 g/mol. The summed E-state index contributed by atoms with van der Waals surface area (Å²) in [6, 6.07) is 14.4. The molecule has 1 aliphatic heterocycles. The molecule has 0 spiro atoms. The van der Waals surface area contributed by atoms with Gasteiger partial charge in [0.1, 0.15) is 5.75 Å². The topological polar surface area (TPSA) is 61.9 Å². The van der Waals surface area contributed by atoms with E-state index in [0.717, 1.165) is 39.0 Å². The number of likely N-dealkylation sites (N-methyl/N-ethyl adjacent to an activating group) is 1. The molecular formula is C25H33N3O3. The van der Waals surface area contributed by atoms with Crippen molar-refractivity contribution in [2.75, 3.05) is 45.2 Å². The van der Waals surface area contributed by atoms with Gasteiger partial charge in [-0.05, 0) is 43.8 Å². The van der Waals surface area contributed by atoms with Gasteiger partial charge in [-0.25, -0.2) is 0 Å². The number of benzene rings is 2. The molecule has 1 heterocycles. The second-order valence-electron chi connectivity index (χ2n) is 8.04. The smallest absolute Gasteiger partial charge is 0.259 e. The van der Waals surface area contributed by atoms with Crippen LogP contribution in [0.3, 0.4) is 0 Å². The number of amides is 2. The summed E-state index contributed by atoms with van der Waals surface area (Å²) in [7, 11) is 2.06. The van der Waals surface area contributed by atoms with Crippen LogP contribution in [0.15, 0.2) is 48.5 Å². The van der Waals surface area contributed by atoms with Crippen LogP contribution < -0.4 is 10.1 Å². The second-order valence-corrected chi connectivity index (χ2v) is 8.04. The van der Waals surface area contributed by atoms with Gasteiger partial charge in [0.25, 0.3) is 11.8 Å². The van der Waals surface area contributed by atoms with Gasteiger partial charge in [0, 0.05) is 37.4 Å². The molecule has 1 N–H and O–H groups in total. The lowest BCUT2D eigenvalue weighted by Gasteiger charge is -2.32. The van der Waals surface area contributed by atoms with Crippen molar-refractivity contribution in [3.8, 4) is 5.75 Å². The van der Waals surface area contributed by atoms with Crippen molar-refractivity contribution in [1.29, 1.82) is 0 Å². The number of ether oxygens (including phenoxy) is 1. The number of anilines is 1. The molecule has 2 aromatic carbocycles. The monoisotopic (exact) mass is 423 g/mol. The van der Waals surface area contributed by atoms with Crippen LogP contribution >= 0.6 is 0 Å². The fraction of sp³-hybridized carbons (Fsp3) is 0.440. The maximum atomic E-state index is 12.9. The zero-order chi connectivity index (χ0) is 22.1. The van der Waals surface area contributed by atoms with Gasteiger partial charge < -0.3 is 19.9 Å². The first-order valence-corrected chi connectivity index (χ1v) is 11.2. The number of nitrogens with one attached hydrogen (secondary N) is 1. The Bertz CT molecular complexity index is 876. The van der Waals surface area contributed by atoms with Crippen molar-refractivity contribution in [3.05, 3.63) is 59.7 Å². The third-order valence-corrected chi connectivity index (χ3v) is 5.55. The SMILES string of the molecule is CCCCCCOc1ccccc1C(=O)Nc1cccc(C(=O)N2CCN(C)CC2)c1. The molecule has 31 heavy (non-hydrogen) atoms. The summed E-state index contributed by atoms with van der Waals surface area (Å²) in [5.74, 6) is 0.342. The summed E-state index contributed by atoms with van der Waals surface area (Å²) in [5.41, 5.74) is 1.68. The highest BCUT2D eigenvalue weighted by Gasteiger charge is 2.21. The van der Waals surface area contributed by atoms with Gasteiger partial charge in [-0.15, -0.1) is 0 Å². The number of piperazine rings is 1. The highest BCUT2D eigenvalue weighted by atomic mass is 16.5. The van der Waals surface area contributed by atoms with Crippen LogP contribution in [0.2, 0.25) is 0 Å². The van der Waals surface area contributed by atoms with Crippen LogP contribution in [0.1, 0.15) is 53.3 Å². The number of carbonyl (C=O) groups is 2. The fourth-order valence-corrected chi connectivity index (χ4v) is 3.61. The molecule has 0 saturated carbocycles. The van der Waals surface area contributed by atoms with E-state index >= 15 is 0 Å². The van der Waals surface area contributed by atoms with E-state index in [1.54, 1.807) is 30.3 Å². The predicted octanol–water partition coefficient (Wildman–Crippen LogP) is 4.29. The number of para-hydroxylation sites is 1. The molecule has 2 aromatic rings. The maximum Gasteiger partial charge on any atom is 0.259 e.